The van der Waals surface area contributed by atoms with Gasteiger partial charge in [0.25, 0.3) is 0 Å². The molecule has 5 rings (SSSR count). The maximum absolute atomic E-state index is 15.0. The number of fused-ring (bicyclic) bond motifs is 1. The van der Waals surface area contributed by atoms with Gasteiger partial charge in [-0.05, 0) is 42.0 Å². The molecule has 1 fully saturated rings. The van der Waals surface area contributed by atoms with E-state index in [0.29, 0.717) is 42.3 Å². The number of rotatable bonds is 7. The van der Waals surface area contributed by atoms with Crippen molar-refractivity contribution in [3.05, 3.63) is 95.3 Å². The molecule has 0 radical (unpaired) electrons. The van der Waals surface area contributed by atoms with Gasteiger partial charge in [0.2, 0.25) is 0 Å². The number of furan rings is 1. The highest BCUT2D eigenvalue weighted by atomic mass is 19.1. The number of aliphatic imine (C=N–C) groups is 1. The number of aliphatic hydroxyl groups is 1. The molecule has 3 aromatic carbocycles. The third-order valence-corrected chi connectivity index (χ3v) is 6.08. The van der Waals surface area contributed by atoms with Gasteiger partial charge < -0.3 is 14.6 Å². The number of halogens is 1. The number of carboxylic acid groups (broad SMARTS) is 1. The van der Waals surface area contributed by atoms with Crippen molar-refractivity contribution in [3.63, 3.8) is 0 Å². The first-order valence-electron chi connectivity index (χ1n) is 11.0. The Bertz CT molecular complexity index is 1370. The van der Waals surface area contributed by atoms with Gasteiger partial charge in [-0.3, -0.25) is 14.7 Å². The Labute approximate surface area is 195 Å². The second-order valence-electron chi connectivity index (χ2n) is 8.42. The Hall–Kier alpha value is -3.81. The molecular weight excluding hydrogens is 435 g/mol. The molecule has 7 heteroatoms. The fourth-order valence-corrected chi connectivity index (χ4v) is 4.31. The van der Waals surface area contributed by atoms with E-state index in [2.05, 4.69) is 4.99 Å². The topological polar surface area (TPSA) is 86.3 Å². The molecule has 172 valence electrons. The Morgan fingerprint density at radius 3 is 2.53 bits per heavy atom. The molecule has 1 aliphatic rings. The molecule has 0 saturated carbocycles. The molecule has 0 bridgehead atoms. The number of carbonyl (C=O) groups is 1. The van der Waals surface area contributed by atoms with Crippen LogP contribution in [0.15, 0.2) is 82.2 Å². The predicted molar refractivity (Wildman–Crippen MR) is 127 cm³/mol. The molecule has 2 heterocycles. The Balaban J connectivity index is 1.39. The van der Waals surface area contributed by atoms with E-state index in [1.165, 1.54) is 6.07 Å². The summed E-state index contributed by atoms with van der Waals surface area (Å²) in [4.78, 5) is 17.2. The van der Waals surface area contributed by atoms with Crippen LogP contribution >= 0.6 is 0 Å². The maximum Gasteiger partial charge on any atom is 0.309 e. The quantitative estimate of drug-likeness (QED) is 0.397. The number of likely N-dealkylation sites (tertiary alicyclic amines) is 1. The van der Waals surface area contributed by atoms with Gasteiger partial charge in [0, 0.05) is 36.1 Å². The Morgan fingerprint density at radius 2 is 1.82 bits per heavy atom. The van der Waals surface area contributed by atoms with Gasteiger partial charge >= 0.3 is 5.97 Å². The SMILES string of the molecule is O=C(O)C1CN(Cc2ccc(-c3cc4cc(C(=NCO)c5ccccc5)ccc4o3)c(F)c2)C1. The first-order valence-corrected chi connectivity index (χ1v) is 11.0. The molecule has 1 aliphatic heterocycles. The Morgan fingerprint density at radius 1 is 1.03 bits per heavy atom. The van der Waals surface area contributed by atoms with Crippen LogP contribution in [0.5, 0.6) is 0 Å². The van der Waals surface area contributed by atoms with Crippen LogP contribution in [-0.4, -0.2) is 46.6 Å². The molecule has 2 N–H and O–H groups in total. The summed E-state index contributed by atoms with van der Waals surface area (Å²) < 4.78 is 20.9. The first-order chi connectivity index (χ1) is 16.5. The summed E-state index contributed by atoms with van der Waals surface area (Å²) in [5.41, 5.74) is 4.15. The minimum atomic E-state index is -0.788. The van der Waals surface area contributed by atoms with E-state index in [4.69, 9.17) is 9.52 Å². The van der Waals surface area contributed by atoms with Crippen molar-refractivity contribution >= 4 is 22.7 Å². The minimum absolute atomic E-state index is 0.329. The van der Waals surface area contributed by atoms with E-state index in [-0.39, 0.29) is 18.5 Å². The summed E-state index contributed by atoms with van der Waals surface area (Å²) in [6.07, 6.45) is 0. The molecule has 1 aromatic heterocycles. The van der Waals surface area contributed by atoms with Gasteiger partial charge in [-0.15, -0.1) is 0 Å². The van der Waals surface area contributed by atoms with Gasteiger partial charge in [0.05, 0.1) is 17.2 Å². The maximum atomic E-state index is 15.0. The molecule has 0 atom stereocenters. The summed E-state index contributed by atoms with van der Waals surface area (Å²) in [5, 5.41) is 19.2. The van der Waals surface area contributed by atoms with Crippen LogP contribution in [0.25, 0.3) is 22.3 Å². The van der Waals surface area contributed by atoms with Crippen molar-refractivity contribution < 1.29 is 23.8 Å². The van der Waals surface area contributed by atoms with Gasteiger partial charge in [0.15, 0.2) is 0 Å². The molecule has 6 nitrogen and oxygen atoms in total. The largest absolute Gasteiger partial charge is 0.481 e. The second-order valence-corrected chi connectivity index (χ2v) is 8.42. The number of aliphatic hydroxyl groups excluding tert-OH is 1. The van der Waals surface area contributed by atoms with Crippen molar-refractivity contribution in [2.45, 2.75) is 6.54 Å². The molecule has 0 spiro atoms. The highest BCUT2D eigenvalue weighted by Gasteiger charge is 2.32. The number of aliphatic carboxylic acids is 1. The Kier molecular flexibility index (Phi) is 5.96. The molecule has 0 aliphatic carbocycles. The van der Waals surface area contributed by atoms with Crippen LogP contribution in [0.1, 0.15) is 16.7 Å². The van der Waals surface area contributed by atoms with Gasteiger partial charge in [-0.1, -0.05) is 36.4 Å². The lowest BCUT2D eigenvalue weighted by molar-refractivity contribution is -0.147. The highest BCUT2D eigenvalue weighted by Crippen LogP contribution is 2.31. The number of hydrogen-bond donors (Lipinski definition) is 2. The van der Waals surface area contributed by atoms with Crippen LogP contribution in [0, 0.1) is 11.7 Å². The zero-order chi connectivity index (χ0) is 23.7. The average Bonchev–Trinajstić information content (AvgIpc) is 3.23. The summed E-state index contributed by atoms with van der Waals surface area (Å²) in [5.74, 6) is -1.09. The van der Waals surface area contributed by atoms with E-state index in [1.54, 1.807) is 12.1 Å². The molecule has 1 saturated heterocycles. The van der Waals surface area contributed by atoms with Crippen LogP contribution in [-0.2, 0) is 11.3 Å². The zero-order valence-corrected chi connectivity index (χ0v) is 18.3. The zero-order valence-electron chi connectivity index (χ0n) is 18.3. The summed E-state index contributed by atoms with van der Waals surface area (Å²) in [7, 11) is 0. The predicted octanol–water partition coefficient (Wildman–Crippen LogP) is 4.54. The summed E-state index contributed by atoms with van der Waals surface area (Å²) >= 11 is 0. The monoisotopic (exact) mass is 458 g/mol. The summed E-state index contributed by atoms with van der Waals surface area (Å²) in [6.45, 7) is 1.14. The van der Waals surface area contributed by atoms with E-state index in [9.17, 15) is 14.3 Å². The molecule has 4 aromatic rings. The first kappa shape index (κ1) is 22.0. The van der Waals surface area contributed by atoms with Crippen LogP contribution < -0.4 is 0 Å². The highest BCUT2D eigenvalue weighted by molar-refractivity contribution is 6.14. The lowest BCUT2D eigenvalue weighted by Gasteiger charge is -2.36. The van der Waals surface area contributed by atoms with Crippen LogP contribution in [0.2, 0.25) is 0 Å². The number of benzene rings is 3. The van der Waals surface area contributed by atoms with Crippen molar-refractivity contribution in [1.82, 2.24) is 4.90 Å². The van der Waals surface area contributed by atoms with Gasteiger partial charge in [-0.2, -0.15) is 0 Å². The molecule has 0 amide bonds. The van der Waals surface area contributed by atoms with Gasteiger partial charge in [0.1, 0.15) is 23.9 Å². The minimum Gasteiger partial charge on any atom is -0.481 e. The summed E-state index contributed by atoms with van der Waals surface area (Å²) in [6, 6.07) is 22.0. The number of nitrogens with zero attached hydrogens (tertiary/aromatic N) is 2. The lowest BCUT2D eigenvalue weighted by atomic mass is 9.99. The van der Waals surface area contributed by atoms with Crippen molar-refractivity contribution in [1.29, 1.82) is 0 Å². The van der Waals surface area contributed by atoms with E-state index >= 15 is 0 Å². The normalized spacial score (nSPS) is 14.9. The number of hydrogen-bond acceptors (Lipinski definition) is 5. The van der Waals surface area contributed by atoms with Crippen molar-refractivity contribution in [2.75, 3.05) is 19.8 Å². The van der Waals surface area contributed by atoms with Crippen molar-refractivity contribution in [2.24, 2.45) is 10.9 Å². The van der Waals surface area contributed by atoms with Crippen LogP contribution in [0.4, 0.5) is 4.39 Å². The molecule has 34 heavy (non-hydrogen) atoms. The van der Waals surface area contributed by atoms with E-state index in [1.807, 2.05) is 59.5 Å². The molecular formula is C27H23FN2O4. The van der Waals surface area contributed by atoms with Crippen LogP contribution in [0.3, 0.4) is 0 Å². The van der Waals surface area contributed by atoms with E-state index in [0.717, 1.165) is 22.1 Å². The number of carboxylic acids is 1. The third-order valence-electron chi connectivity index (χ3n) is 6.08. The lowest BCUT2D eigenvalue weighted by Crippen LogP contribution is -2.49. The standard InChI is InChI=1S/C27H23FN2O4/c28-23-10-17(13-30-14-21(15-30)27(32)33)6-8-22(23)25-12-20-11-19(7-9-24(20)34-25)26(29-16-31)18-4-2-1-3-5-18/h1-12,21,31H,13-16H2,(H,32,33). The third kappa shape index (κ3) is 4.35. The van der Waals surface area contributed by atoms with E-state index < -0.39 is 5.97 Å². The van der Waals surface area contributed by atoms with Gasteiger partial charge in [-0.25, -0.2) is 4.39 Å². The fourth-order valence-electron chi connectivity index (χ4n) is 4.31. The van der Waals surface area contributed by atoms with Crippen molar-refractivity contribution in [3.8, 4) is 11.3 Å². The smallest absolute Gasteiger partial charge is 0.309 e. The average molecular weight is 458 g/mol. The second kappa shape index (κ2) is 9.21. The molecule has 0 unspecified atom stereocenters. The fraction of sp³-hybridized carbons (Fsp3) is 0.185.